The Morgan fingerprint density at radius 3 is 2.40 bits per heavy atom. The van der Waals surface area contributed by atoms with E-state index >= 15 is 0 Å². The second-order valence-corrected chi connectivity index (χ2v) is 7.40. The standard InChI is InChI=1S/C22H22O8/c1-10-15(30-22-20(27)19(26)17(24)11(2)28-22)8-7-14-18(25)16(29-21(10)14)9-12-3-5-13(23)6-4-12/h3-9,11,17,19-20,22-24,26-27H,1-2H3. The van der Waals surface area contributed by atoms with Gasteiger partial charge in [-0.05, 0) is 49.8 Å². The first-order valence-electron chi connectivity index (χ1n) is 9.49. The summed E-state index contributed by atoms with van der Waals surface area (Å²) in [6.07, 6.45) is -4.44. The van der Waals surface area contributed by atoms with Crippen molar-refractivity contribution in [2.45, 2.75) is 44.6 Å². The topological polar surface area (TPSA) is 126 Å². The Bertz CT molecular complexity index is 997. The molecule has 0 bridgehead atoms. The molecule has 2 heterocycles. The Morgan fingerprint density at radius 2 is 1.70 bits per heavy atom. The second-order valence-electron chi connectivity index (χ2n) is 7.40. The van der Waals surface area contributed by atoms with E-state index in [0.717, 1.165) is 0 Å². The molecule has 0 radical (unpaired) electrons. The number of hydrogen-bond donors (Lipinski definition) is 4. The molecule has 2 aliphatic rings. The summed E-state index contributed by atoms with van der Waals surface area (Å²) >= 11 is 0. The van der Waals surface area contributed by atoms with E-state index in [1.807, 2.05) is 0 Å². The van der Waals surface area contributed by atoms with Crippen molar-refractivity contribution < 1.29 is 39.4 Å². The summed E-state index contributed by atoms with van der Waals surface area (Å²) in [5.74, 6) is 0.621. The molecule has 0 aromatic heterocycles. The highest BCUT2D eigenvalue weighted by Gasteiger charge is 2.43. The van der Waals surface area contributed by atoms with Gasteiger partial charge in [0.1, 0.15) is 35.6 Å². The Hall–Kier alpha value is -2.91. The second kappa shape index (κ2) is 7.73. The lowest BCUT2D eigenvalue weighted by molar-refractivity contribution is -0.268. The van der Waals surface area contributed by atoms with Crippen molar-refractivity contribution in [1.29, 1.82) is 0 Å². The van der Waals surface area contributed by atoms with Crippen LogP contribution in [0.2, 0.25) is 0 Å². The molecule has 2 aromatic carbocycles. The van der Waals surface area contributed by atoms with E-state index < -0.39 is 30.7 Å². The fourth-order valence-electron chi connectivity index (χ4n) is 3.45. The van der Waals surface area contributed by atoms with Gasteiger partial charge in [0.15, 0.2) is 5.76 Å². The van der Waals surface area contributed by atoms with Gasteiger partial charge in [-0.25, -0.2) is 0 Å². The van der Waals surface area contributed by atoms with Crippen LogP contribution in [0.1, 0.15) is 28.4 Å². The van der Waals surface area contributed by atoms with Crippen LogP contribution in [-0.4, -0.2) is 56.9 Å². The Labute approximate surface area is 172 Å². The third-order valence-electron chi connectivity index (χ3n) is 5.28. The summed E-state index contributed by atoms with van der Waals surface area (Å²) in [6.45, 7) is 3.27. The van der Waals surface area contributed by atoms with Gasteiger partial charge in [0.25, 0.3) is 0 Å². The van der Waals surface area contributed by atoms with Crippen LogP contribution in [0.25, 0.3) is 6.08 Å². The number of ketones is 1. The van der Waals surface area contributed by atoms with Crippen LogP contribution >= 0.6 is 0 Å². The quantitative estimate of drug-likeness (QED) is 0.557. The third kappa shape index (κ3) is 3.54. The molecule has 5 unspecified atom stereocenters. The lowest BCUT2D eigenvalue weighted by Crippen LogP contribution is -2.58. The predicted molar refractivity (Wildman–Crippen MR) is 105 cm³/mol. The van der Waals surface area contributed by atoms with Crippen LogP contribution in [0.15, 0.2) is 42.2 Å². The summed E-state index contributed by atoms with van der Waals surface area (Å²) < 4.78 is 17.0. The Morgan fingerprint density at radius 1 is 1.00 bits per heavy atom. The zero-order valence-corrected chi connectivity index (χ0v) is 16.4. The first kappa shape index (κ1) is 20.4. The molecule has 2 aromatic rings. The van der Waals surface area contributed by atoms with Crippen LogP contribution in [0, 0.1) is 6.92 Å². The number of allylic oxidation sites excluding steroid dienone is 1. The van der Waals surface area contributed by atoms with Crippen LogP contribution < -0.4 is 9.47 Å². The molecule has 30 heavy (non-hydrogen) atoms. The van der Waals surface area contributed by atoms with E-state index in [0.29, 0.717) is 28.2 Å². The third-order valence-corrected chi connectivity index (χ3v) is 5.28. The molecular weight excluding hydrogens is 392 g/mol. The number of aromatic hydroxyl groups is 1. The molecule has 4 rings (SSSR count). The highest BCUT2D eigenvalue weighted by Crippen LogP contribution is 2.40. The minimum atomic E-state index is -1.45. The van der Waals surface area contributed by atoms with Gasteiger partial charge in [0, 0.05) is 5.56 Å². The van der Waals surface area contributed by atoms with E-state index in [2.05, 4.69) is 0 Å². The molecule has 2 aliphatic heterocycles. The number of phenols is 1. The number of Topliss-reactive ketones (excluding diaryl/α,β-unsaturated/α-hetero) is 1. The normalized spacial score (nSPS) is 29.6. The average molecular weight is 414 g/mol. The maximum atomic E-state index is 12.7. The Balaban J connectivity index is 1.58. The summed E-state index contributed by atoms with van der Waals surface area (Å²) in [4.78, 5) is 12.7. The number of carbonyl (C=O) groups excluding carboxylic acids is 1. The van der Waals surface area contributed by atoms with Gasteiger partial charge in [0.2, 0.25) is 12.1 Å². The molecule has 0 amide bonds. The number of benzene rings is 2. The number of aliphatic hydroxyl groups excluding tert-OH is 3. The van der Waals surface area contributed by atoms with Gasteiger partial charge in [-0.1, -0.05) is 12.1 Å². The Kier molecular flexibility index (Phi) is 5.25. The fourth-order valence-corrected chi connectivity index (χ4v) is 3.45. The van der Waals surface area contributed by atoms with Gasteiger partial charge < -0.3 is 34.6 Å². The van der Waals surface area contributed by atoms with Gasteiger partial charge in [-0.2, -0.15) is 0 Å². The SMILES string of the molecule is Cc1c(OC2OC(C)C(O)C(O)C2O)ccc2c1OC(=Cc1ccc(O)cc1)C2=O. The van der Waals surface area contributed by atoms with Crippen molar-refractivity contribution in [1.82, 2.24) is 0 Å². The van der Waals surface area contributed by atoms with Crippen molar-refractivity contribution >= 4 is 11.9 Å². The van der Waals surface area contributed by atoms with E-state index in [9.17, 15) is 25.2 Å². The van der Waals surface area contributed by atoms with Gasteiger partial charge in [-0.3, -0.25) is 4.79 Å². The van der Waals surface area contributed by atoms with Crippen molar-refractivity contribution in [2.24, 2.45) is 0 Å². The molecule has 158 valence electrons. The maximum absolute atomic E-state index is 12.7. The summed E-state index contributed by atoms with van der Waals surface area (Å²) in [5, 5.41) is 39.3. The largest absolute Gasteiger partial charge is 0.508 e. The zero-order chi connectivity index (χ0) is 21.6. The number of hydrogen-bond acceptors (Lipinski definition) is 8. The molecule has 8 nitrogen and oxygen atoms in total. The lowest BCUT2D eigenvalue weighted by atomic mass is 10.00. The molecule has 1 fully saturated rings. The minimum Gasteiger partial charge on any atom is -0.508 e. The first-order chi connectivity index (χ1) is 14.3. The van der Waals surface area contributed by atoms with Crippen molar-refractivity contribution in [3.63, 3.8) is 0 Å². The van der Waals surface area contributed by atoms with Crippen molar-refractivity contribution in [3.8, 4) is 17.2 Å². The molecule has 0 spiro atoms. The van der Waals surface area contributed by atoms with Gasteiger partial charge in [0.05, 0.1) is 11.7 Å². The van der Waals surface area contributed by atoms with Crippen LogP contribution in [0.4, 0.5) is 0 Å². The molecular formula is C22H22O8. The number of carbonyl (C=O) groups is 1. The summed E-state index contributed by atoms with van der Waals surface area (Å²) in [7, 11) is 0. The smallest absolute Gasteiger partial charge is 0.231 e. The van der Waals surface area contributed by atoms with Crippen LogP contribution in [-0.2, 0) is 4.74 Å². The number of rotatable bonds is 3. The van der Waals surface area contributed by atoms with Crippen molar-refractivity contribution in [2.75, 3.05) is 0 Å². The van der Waals surface area contributed by atoms with Gasteiger partial charge in [-0.15, -0.1) is 0 Å². The monoisotopic (exact) mass is 414 g/mol. The average Bonchev–Trinajstić information content (AvgIpc) is 3.04. The molecule has 8 heteroatoms. The van der Waals surface area contributed by atoms with Gasteiger partial charge >= 0.3 is 0 Å². The lowest BCUT2D eigenvalue weighted by Gasteiger charge is -2.39. The van der Waals surface area contributed by atoms with Crippen molar-refractivity contribution in [3.05, 3.63) is 58.8 Å². The number of ether oxygens (including phenoxy) is 3. The van der Waals surface area contributed by atoms with Crippen LogP contribution in [0.3, 0.4) is 0 Å². The fraction of sp³-hybridized carbons (Fsp3) is 0.318. The van der Waals surface area contributed by atoms with Crippen LogP contribution in [0.5, 0.6) is 17.2 Å². The molecule has 4 N–H and O–H groups in total. The summed E-state index contributed by atoms with van der Waals surface area (Å²) in [5.41, 5.74) is 1.59. The highest BCUT2D eigenvalue weighted by atomic mass is 16.7. The predicted octanol–water partition coefficient (Wildman–Crippen LogP) is 1.52. The van der Waals surface area contributed by atoms with E-state index in [-0.39, 0.29) is 17.3 Å². The minimum absolute atomic E-state index is 0.121. The van der Waals surface area contributed by atoms with E-state index in [1.54, 1.807) is 44.2 Å². The van der Waals surface area contributed by atoms with E-state index in [4.69, 9.17) is 14.2 Å². The summed E-state index contributed by atoms with van der Waals surface area (Å²) in [6, 6.07) is 9.47. The highest BCUT2D eigenvalue weighted by molar-refractivity contribution is 6.14. The molecule has 5 atom stereocenters. The molecule has 0 aliphatic carbocycles. The molecule has 0 saturated carbocycles. The van der Waals surface area contributed by atoms with E-state index in [1.165, 1.54) is 12.1 Å². The maximum Gasteiger partial charge on any atom is 0.231 e. The zero-order valence-electron chi connectivity index (χ0n) is 16.4. The molecule has 1 saturated heterocycles. The first-order valence-corrected chi connectivity index (χ1v) is 9.49. The number of fused-ring (bicyclic) bond motifs is 1. The number of aliphatic hydroxyl groups is 3. The number of phenolic OH excluding ortho intramolecular Hbond substituents is 1.